The minimum Gasteiger partial charge on any atom is -0.469 e. The van der Waals surface area contributed by atoms with Gasteiger partial charge < -0.3 is 15.0 Å². The number of aromatic amines is 1. The molecule has 2 rings (SSSR count). The second-order valence-corrected chi connectivity index (χ2v) is 6.80. The van der Waals surface area contributed by atoms with E-state index in [1.807, 2.05) is 0 Å². The van der Waals surface area contributed by atoms with E-state index in [4.69, 9.17) is 0 Å². The van der Waals surface area contributed by atoms with Crippen molar-refractivity contribution in [2.75, 3.05) is 12.9 Å². The zero-order valence-corrected chi connectivity index (χ0v) is 14.6. The van der Waals surface area contributed by atoms with E-state index < -0.39 is 5.97 Å². The molecule has 1 saturated carbocycles. The number of hydrogen-bond donors (Lipinski definition) is 2. The number of carbonyl (C=O) groups excluding carboxylic acids is 2. The summed E-state index contributed by atoms with van der Waals surface area (Å²) in [5.41, 5.74) is -0.0205. The van der Waals surface area contributed by atoms with Gasteiger partial charge in [0.15, 0.2) is 5.16 Å². The van der Waals surface area contributed by atoms with E-state index >= 15 is 0 Å². The molecule has 0 atom stereocenters. The molecule has 0 bridgehead atoms. The highest BCUT2D eigenvalue weighted by molar-refractivity contribution is 7.99. The number of ether oxygens (including phenoxy) is 1. The van der Waals surface area contributed by atoms with E-state index in [0.717, 1.165) is 37.4 Å². The van der Waals surface area contributed by atoms with Gasteiger partial charge in [-0.25, -0.2) is 4.98 Å². The van der Waals surface area contributed by atoms with E-state index in [1.54, 1.807) is 0 Å². The van der Waals surface area contributed by atoms with Crippen LogP contribution in [0.25, 0.3) is 0 Å². The highest BCUT2D eigenvalue weighted by atomic mass is 32.2. The number of carbonyl (C=O) groups is 2. The lowest BCUT2D eigenvalue weighted by Crippen LogP contribution is -2.35. The number of nitrogens with one attached hydrogen (secondary N) is 2. The first-order chi connectivity index (χ1) is 11.6. The van der Waals surface area contributed by atoms with Crippen molar-refractivity contribution in [3.05, 3.63) is 22.1 Å². The minimum absolute atomic E-state index is 0.0621. The Morgan fingerprint density at radius 2 is 2.04 bits per heavy atom. The number of hydrogen-bond acceptors (Lipinski definition) is 6. The molecule has 1 amide bonds. The van der Waals surface area contributed by atoms with E-state index in [-0.39, 0.29) is 29.7 Å². The number of aromatic nitrogens is 2. The number of rotatable bonds is 6. The summed E-state index contributed by atoms with van der Waals surface area (Å²) >= 11 is 1.15. The van der Waals surface area contributed by atoms with Crippen LogP contribution in [0, 0.1) is 0 Å². The van der Waals surface area contributed by atoms with Gasteiger partial charge in [0.05, 0.1) is 25.0 Å². The zero-order chi connectivity index (χ0) is 17.4. The van der Waals surface area contributed by atoms with Gasteiger partial charge in [-0.1, -0.05) is 37.4 Å². The number of H-pyrrole nitrogens is 1. The molecule has 0 unspecified atom stereocenters. The van der Waals surface area contributed by atoms with E-state index in [0.29, 0.717) is 10.9 Å². The maximum atomic E-state index is 12.1. The van der Waals surface area contributed by atoms with Crippen molar-refractivity contribution in [3.8, 4) is 0 Å². The maximum absolute atomic E-state index is 12.1. The molecular formula is C16H23N3O4S. The smallest absolute Gasteiger partial charge is 0.311 e. The number of nitrogens with zero attached hydrogens (tertiary/aromatic N) is 1. The monoisotopic (exact) mass is 353 g/mol. The third-order valence-electron chi connectivity index (χ3n) is 3.89. The first-order valence-corrected chi connectivity index (χ1v) is 9.14. The summed E-state index contributed by atoms with van der Waals surface area (Å²) in [5, 5.41) is 3.38. The summed E-state index contributed by atoms with van der Waals surface area (Å²) in [6.45, 7) is 0. The van der Waals surface area contributed by atoms with E-state index in [1.165, 1.54) is 26.0 Å². The van der Waals surface area contributed by atoms with Crippen molar-refractivity contribution in [1.29, 1.82) is 0 Å². The maximum Gasteiger partial charge on any atom is 0.311 e. The van der Waals surface area contributed by atoms with Gasteiger partial charge in [0.25, 0.3) is 5.56 Å². The Morgan fingerprint density at radius 1 is 1.33 bits per heavy atom. The molecular weight excluding hydrogens is 330 g/mol. The van der Waals surface area contributed by atoms with Crippen molar-refractivity contribution in [2.24, 2.45) is 0 Å². The summed E-state index contributed by atoms with van der Waals surface area (Å²) < 4.78 is 4.56. The molecule has 1 heterocycles. The Balaban J connectivity index is 1.87. The summed E-state index contributed by atoms with van der Waals surface area (Å²) in [5.74, 6) is -0.343. The van der Waals surface area contributed by atoms with Crippen LogP contribution in [-0.4, -0.2) is 40.7 Å². The molecule has 1 aromatic rings. The highest BCUT2D eigenvalue weighted by Crippen LogP contribution is 2.18. The SMILES string of the molecule is COC(=O)Cc1cc(=O)[nH]c(SCC(=O)NC2CCCCCC2)n1. The number of methoxy groups -OCH3 is 1. The first-order valence-electron chi connectivity index (χ1n) is 8.16. The Kier molecular flexibility index (Phi) is 7.30. The zero-order valence-electron chi connectivity index (χ0n) is 13.8. The second kappa shape index (κ2) is 9.46. The summed E-state index contributed by atoms with van der Waals surface area (Å²) in [7, 11) is 1.28. The van der Waals surface area contributed by atoms with Crippen molar-refractivity contribution in [2.45, 2.75) is 56.1 Å². The lowest BCUT2D eigenvalue weighted by atomic mass is 10.1. The predicted octanol–water partition coefficient (Wildman–Crippen LogP) is 1.42. The van der Waals surface area contributed by atoms with Crippen LogP contribution in [0.1, 0.15) is 44.2 Å². The van der Waals surface area contributed by atoms with Gasteiger partial charge in [-0.05, 0) is 12.8 Å². The Hall–Kier alpha value is -1.83. The van der Waals surface area contributed by atoms with Crippen LogP contribution < -0.4 is 10.9 Å². The van der Waals surface area contributed by atoms with Crippen molar-refractivity contribution >= 4 is 23.6 Å². The largest absolute Gasteiger partial charge is 0.469 e. The molecule has 0 saturated heterocycles. The lowest BCUT2D eigenvalue weighted by molar-refractivity contribution is -0.139. The second-order valence-electron chi connectivity index (χ2n) is 5.84. The van der Waals surface area contributed by atoms with Crippen molar-refractivity contribution in [3.63, 3.8) is 0 Å². The summed E-state index contributed by atoms with van der Waals surface area (Å²) in [6, 6.07) is 1.50. The minimum atomic E-state index is -0.463. The Morgan fingerprint density at radius 3 is 2.71 bits per heavy atom. The molecule has 132 valence electrons. The average molecular weight is 353 g/mol. The van der Waals surface area contributed by atoms with Gasteiger partial charge in [-0.2, -0.15) is 0 Å². The van der Waals surface area contributed by atoms with Crippen LogP contribution in [0.2, 0.25) is 0 Å². The van der Waals surface area contributed by atoms with Gasteiger partial charge in [0.1, 0.15) is 0 Å². The fourth-order valence-electron chi connectivity index (χ4n) is 2.69. The molecule has 24 heavy (non-hydrogen) atoms. The molecule has 0 spiro atoms. The van der Waals surface area contributed by atoms with Crippen LogP contribution in [0.4, 0.5) is 0 Å². The third kappa shape index (κ3) is 6.35. The molecule has 1 aliphatic carbocycles. The van der Waals surface area contributed by atoms with Gasteiger partial charge >= 0.3 is 5.97 Å². The number of esters is 1. The fourth-order valence-corrected chi connectivity index (χ4v) is 3.40. The Bertz CT molecular complexity index is 624. The quantitative estimate of drug-likeness (QED) is 0.347. The van der Waals surface area contributed by atoms with Crippen LogP contribution in [0.3, 0.4) is 0 Å². The standard InChI is InChI=1S/C16H23N3O4S/c1-23-15(22)9-12-8-13(20)19-16(18-12)24-10-14(21)17-11-6-4-2-3-5-7-11/h8,11H,2-7,9-10H2,1H3,(H,17,21)(H,18,19,20). The molecule has 0 aliphatic heterocycles. The van der Waals surface area contributed by atoms with Crippen molar-refractivity contribution < 1.29 is 14.3 Å². The van der Waals surface area contributed by atoms with Gasteiger partial charge in [-0.3, -0.25) is 14.4 Å². The average Bonchev–Trinajstić information content (AvgIpc) is 2.81. The van der Waals surface area contributed by atoms with Gasteiger partial charge in [0, 0.05) is 12.1 Å². The molecule has 0 radical (unpaired) electrons. The molecule has 1 aromatic heterocycles. The van der Waals surface area contributed by atoms with Crippen LogP contribution in [0.5, 0.6) is 0 Å². The normalized spacial score (nSPS) is 15.5. The summed E-state index contributed by atoms with van der Waals surface area (Å²) in [6.07, 6.45) is 6.77. The van der Waals surface area contributed by atoms with Crippen LogP contribution >= 0.6 is 11.8 Å². The predicted molar refractivity (Wildman–Crippen MR) is 90.9 cm³/mol. The van der Waals surface area contributed by atoms with Crippen molar-refractivity contribution in [1.82, 2.24) is 15.3 Å². The van der Waals surface area contributed by atoms with E-state index in [2.05, 4.69) is 20.0 Å². The molecule has 7 nitrogen and oxygen atoms in total. The number of thioether (sulfide) groups is 1. The molecule has 2 N–H and O–H groups in total. The Labute approximate surface area is 145 Å². The highest BCUT2D eigenvalue weighted by Gasteiger charge is 2.15. The van der Waals surface area contributed by atoms with Gasteiger partial charge in [-0.15, -0.1) is 0 Å². The molecule has 0 aromatic carbocycles. The number of amides is 1. The molecule has 1 aliphatic rings. The molecule has 8 heteroatoms. The van der Waals surface area contributed by atoms with Gasteiger partial charge in [0.2, 0.25) is 5.91 Å². The van der Waals surface area contributed by atoms with E-state index in [9.17, 15) is 14.4 Å². The fraction of sp³-hybridized carbons (Fsp3) is 0.625. The third-order valence-corrected chi connectivity index (χ3v) is 4.76. The lowest BCUT2D eigenvalue weighted by Gasteiger charge is -2.15. The summed E-state index contributed by atoms with van der Waals surface area (Å²) in [4.78, 5) is 41.7. The van der Waals surface area contributed by atoms with Crippen LogP contribution in [0.15, 0.2) is 16.0 Å². The first kappa shape index (κ1) is 18.5. The molecule has 1 fully saturated rings. The topological polar surface area (TPSA) is 101 Å². The van der Waals surface area contributed by atoms with Crippen LogP contribution in [-0.2, 0) is 20.7 Å².